The molecule has 38 heavy (non-hydrogen) atoms. The van der Waals surface area contributed by atoms with Gasteiger partial charge < -0.3 is 15.0 Å². The maximum Gasteiger partial charge on any atom is 0.289 e. The number of hydrogen-bond acceptors (Lipinski definition) is 8. The molecule has 0 spiro atoms. The van der Waals surface area contributed by atoms with E-state index in [2.05, 4.69) is 10.3 Å². The zero-order chi connectivity index (χ0) is 26.7. The van der Waals surface area contributed by atoms with E-state index >= 15 is 0 Å². The Morgan fingerprint density at radius 2 is 2.03 bits per heavy atom. The molecule has 11 nitrogen and oxygen atoms in total. The average Bonchev–Trinajstić information content (AvgIpc) is 3.53. The summed E-state index contributed by atoms with van der Waals surface area (Å²) in [4.78, 5) is 34.1. The standard InChI is InChI=1S/C22H18ClN5O3S.CH4O3S.CH4/c23-18-5-4-17(32-18)20(29)26-15-6-7-25-16-12-27(21(30)19(15)16)11-13-2-1-3-14(10-13)28-8-9-31-22(28)24;1-5(2,3)4;/h1-7,10,24H,8-9,11-12H2,(H,25,26,29);1H3,(H,2,3,4);1H4. The van der Waals surface area contributed by atoms with Gasteiger partial charge in [-0.15, -0.1) is 11.3 Å². The maximum absolute atomic E-state index is 13.2. The molecule has 3 N–H and O–H groups in total. The molecule has 0 aliphatic carbocycles. The van der Waals surface area contributed by atoms with Crippen LogP contribution in [-0.4, -0.2) is 60.1 Å². The van der Waals surface area contributed by atoms with Crippen LogP contribution in [0.5, 0.6) is 0 Å². The number of nitrogens with zero attached hydrogens (tertiary/aromatic N) is 3. The minimum absolute atomic E-state index is 0. The number of pyridine rings is 1. The molecule has 2 aromatic heterocycles. The van der Waals surface area contributed by atoms with Crippen LogP contribution in [0, 0.1) is 5.41 Å². The van der Waals surface area contributed by atoms with E-state index in [9.17, 15) is 18.0 Å². The van der Waals surface area contributed by atoms with Gasteiger partial charge in [-0.2, -0.15) is 8.42 Å². The summed E-state index contributed by atoms with van der Waals surface area (Å²) in [7, 11) is -3.67. The van der Waals surface area contributed by atoms with Crippen LogP contribution < -0.4 is 10.2 Å². The van der Waals surface area contributed by atoms with Gasteiger partial charge in [0.25, 0.3) is 28.0 Å². The van der Waals surface area contributed by atoms with Crippen molar-refractivity contribution in [3.8, 4) is 0 Å². The molecule has 3 aromatic rings. The molecule has 0 saturated carbocycles. The van der Waals surface area contributed by atoms with Gasteiger partial charge in [0.15, 0.2) is 0 Å². The molecule has 14 heteroatoms. The molecule has 202 valence electrons. The third-order valence-electron chi connectivity index (χ3n) is 5.31. The Morgan fingerprint density at radius 3 is 2.66 bits per heavy atom. The summed E-state index contributed by atoms with van der Waals surface area (Å²) in [6.07, 6.45) is 2.30. The van der Waals surface area contributed by atoms with Crippen LogP contribution >= 0.6 is 22.9 Å². The van der Waals surface area contributed by atoms with Crippen LogP contribution in [0.1, 0.15) is 38.7 Å². The number of benzene rings is 1. The number of hydrogen-bond donors (Lipinski definition) is 3. The molecule has 0 atom stereocenters. The number of nitrogens with one attached hydrogen (secondary N) is 2. The normalized spacial score (nSPS) is 14.3. The van der Waals surface area contributed by atoms with Crippen molar-refractivity contribution in [2.24, 2.45) is 0 Å². The number of aromatic nitrogens is 1. The third kappa shape index (κ3) is 7.07. The zero-order valence-electron chi connectivity index (χ0n) is 19.5. The molecule has 0 radical (unpaired) electrons. The molecule has 2 amide bonds. The van der Waals surface area contributed by atoms with Gasteiger partial charge in [0.05, 0.1) is 45.5 Å². The first-order chi connectivity index (χ1) is 17.5. The lowest BCUT2D eigenvalue weighted by molar-refractivity contribution is 0.0767. The van der Waals surface area contributed by atoms with Crippen LogP contribution in [0.3, 0.4) is 0 Å². The Kier molecular flexibility index (Phi) is 9.09. The van der Waals surface area contributed by atoms with Crippen molar-refractivity contribution >= 4 is 62.3 Å². The van der Waals surface area contributed by atoms with Crippen molar-refractivity contribution < 1.29 is 27.3 Å². The smallest absolute Gasteiger partial charge is 0.289 e. The lowest BCUT2D eigenvalue weighted by Crippen LogP contribution is -2.25. The predicted octanol–water partition coefficient (Wildman–Crippen LogP) is 4.12. The fourth-order valence-corrected chi connectivity index (χ4v) is 4.77. The highest BCUT2D eigenvalue weighted by Gasteiger charge is 2.32. The second-order valence-corrected chi connectivity index (χ2v) is 11.3. The first-order valence-corrected chi connectivity index (χ1v) is 13.9. The summed E-state index contributed by atoms with van der Waals surface area (Å²) < 4.78 is 31.6. The number of halogens is 1. The van der Waals surface area contributed by atoms with Crippen LogP contribution in [0.25, 0.3) is 0 Å². The minimum Gasteiger partial charge on any atom is -0.463 e. The molecule has 1 aromatic carbocycles. The summed E-state index contributed by atoms with van der Waals surface area (Å²) in [5.74, 6) is -0.500. The van der Waals surface area contributed by atoms with E-state index in [-0.39, 0.29) is 25.3 Å². The highest BCUT2D eigenvalue weighted by Crippen LogP contribution is 2.31. The number of rotatable bonds is 5. The van der Waals surface area contributed by atoms with Gasteiger partial charge in [-0.25, -0.2) is 0 Å². The maximum atomic E-state index is 13.2. The van der Waals surface area contributed by atoms with Gasteiger partial charge in [0.1, 0.15) is 6.61 Å². The van der Waals surface area contributed by atoms with Crippen molar-refractivity contribution in [2.75, 3.05) is 29.6 Å². The van der Waals surface area contributed by atoms with Gasteiger partial charge in [0, 0.05) is 18.4 Å². The van der Waals surface area contributed by atoms with Crippen LogP contribution in [0.2, 0.25) is 4.34 Å². The Bertz CT molecular complexity index is 1470. The quantitative estimate of drug-likeness (QED) is 0.382. The fourth-order valence-electron chi connectivity index (χ4n) is 3.83. The van der Waals surface area contributed by atoms with Crippen LogP contribution in [0.4, 0.5) is 11.4 Å². The van der Waals surface area contributed by atoms with Gasteiger partial charge in [-0.1, -0.05) is 31.2 Å². The second kappa shape index (κ2) is 11.9. The number of amidine groups is 1. The number of thiophene rings is 1. The third-order valence-corrected chi connectivity index (χ3v) is 6.54. The Balaban J connectivity index is 0.000000612. The summed E-state index contributed by atoms with van der Waals surface area (Å²) in [5.41, 5.74) is 3.27. The monoisotopic (exact) mass is 579 g/mol. The van der Waals surface area contributed by atoms with Crippen molar-refractivity contribution in [1.82, 2.24) is 9.88 Å². The molecule has 1 fully saturated rings. The van der Waals surface area contributed by atoms with Crippen molar-refractivity contribution in [3.05, 3.63) is 74.7 Å². The molecule has 2 aliphatic rings. The summed E-state index contributed by atoms with van der Waals surface area (Å²) in [6, 6.07) is 12.8. The highest BCUT2D eigenvalue weighted by atomic mass is 35.5. The lowest BCUT2D eigenvalue weighted by atomic mass is 10.1. The van der Waals surface area contributed by atoms with E-state index in [4.69, 9.17) is 26.3 Å². The molecular weight excluding hydrogens is 554 g/mol. The van der Waals surface area contributed by atoms with Crippen LogP contribution in [-0.2, 0) is 27.9 Å². The molecule has 4 heterocycles. The Morgan fingerprint density at radius 1 is 1.29 bits per heavy atom. The predicted molar refractivity (Wildman–Crippen MR) is 147 cm³/mol. The summed E-state index contributed by atoms with van der Waals surface area (Å²) in [5, 5.41) is 10.7. The van der Waals surface area contributed by atoms with E-state index in [1.54, 1.807) is 34.2 Å². The lowest BCUT2D eigenvalue weighted by Gasteiger charge is -2.19. The number of ether oxygens (including phenoxy) is 1. The Hall–Kier alpha value is -3.52. The van der Waals surface area contributed by atoms with E-state index in [0.717, 1.165) is 11.3 Å². The number of fused-ring (bicyclic) bond motifs is 1. The topological polar surface area (TPSA) is 153 Å². The van der Waals surface area contributed by atoms with E-state index in [1.165, 1.54) is 11.3 Å². The van der Waals surface area contributed by atoms with Crippen molar-refractivity contribution in [2.45, 2.75) is 20.5 Å². The second-order valence-electron chi connectivity index (χ2n) is 8.11. The first-order valence-electron chi connectivity index (χ1n) is 10.8. The number of amides is 2. The van der Waals surface area contributed by atoms with E-state index in [1.807, 2.05) is 24.3 Å². The van der Waals surface area contributed by atoms with Crippen molar-refractivity contribution in [1.29, 1.82) is 5.41 Å². The highest BCUT2D eigenvalue weighted by molar-refractivity contribution is 7.85. The number of anilines is 2. The number of carbonyl (C=O) groups is 2. The molecule has 0 bridgehead atoms. The molecular formula is C24H26ClN5O6S2. The molecule has 1 saturated heterocycles. The largest absolute Gasteiger partial charge is 0.463 e. The molecule has 0 unspecified atom stereocenters. The average molecular weight is 580 g/mol. The van der Waals surface area contributed by atoms with Gasteiger partial charge in [-0.3, -0.25) is 29.4 Å². The van der Waals surface area contributed by atoms with Gasteiger partial charge in [-0.05, 0) is 35.9 Å². The van der Waals surface area contributed by atoms with E-state index in [0.29, 0.717) is 58.7 Å². The van der Waals surface area contributed by atoms with Crippen molar-refractivity contribution in [3.63, 3.8) is 0 Å². The van der Waals surface area contributed by atoms with Gasteiger partial charge in [0.2, 0.25) is 0 Å². The summed E-state index contributed by atoms with van der Waals surface area (Å²) >= 11 is 7.10. The van der Waals surface area contributed by atoms with E-state index < -0.39 is 10.1 Å². The minimum atomic E-state index is -3.67. The first kappa shape index (κ1) is 29.0. The molecule has 2 aliphatic heterocycles. The van der Waals surface area contributed by atoms with Gasteiger partial charge >= 0.3 is 0 Å². The SMILES string of the molecule is C.CS(=O)(=O)O.N=C1OCCN1c1cccc(CN2Cc3nccc(NC(=O)c4ccc(Cl)s4)c3C2=O)c1. The fraction of sp³-hybridized carbons (Fsp3) is 0.250. The Labute approximate surface area is 229 Å². The summed E-state index contributed by atoms with van der Waals surface area (Å²) in [6.45, 7) is 1.86. The van der Waals surface area contributed by atoms with Crippen LogP contribution in [0.15, 0.2) is 48.7 Å². The zero-order valence-corrected chi connectivity index (χ0v) is 21.9. The molecule has 5 rings (SSSR count). The number of carbonyl (C=O) groups excluding carboxylic acids is 2.